The molecule has 104 valence electrons. The van der Waals surface area contributed by atoms with E-state index in [-0.39, 0.29) is 16.8 Å². The van der Waals surface area contributed by atoms with E-state index < -0.39 is 29.0 Å². The van der Waals surface area contributed by atoms with Gasteiger partial charge in [0, 0.05) is 12.6 Å². The zero-order valence-corrected chi connectivity index (χ0v) is 10.7. The van der Waals surface area contributed by atoms with Crippen LogP contribution in [0.2, 0.25) is 0 Å². The largest absolute Gasteiger partial charge is 0.478 e. The minimum atomic E-state index is -1.43. The molecule has 0 aliphatic carbocycles. The summed E-state index contributed by atoms with van der Waals surface area (Å²) in [6.45, 7) is 1.53. The summed E-state index contributed by atoms with van der Waals surface area (Å²) in [7, 11) is 1.38. The molecule has 0 amide bonds. The molecule has 0 saturated heterocycles. The Morgan fingerprint density at radius 3 is 2.35 bits per heavy atom. The molecule has 0 atom stereocenters. The van der Waals surface area contributed by atoms with Crippen molar-refractivity contribution < 1.29 is 24.2 Å². The Balaban J connectivity index is 2.84. The highest BCUT2D eigenvalue weighted by molar-refractivity contribution is 6.06. The van der Waals surface area contributed by atoms with E-state index in [0.717, 1.165) is 4.68 Å². The van der Waals surface area contributed by atoms with Crippen LogP contribution < -0.4 is 0 Å². The summed E-state index contributed by atoms with van der Waals surface area (Å²) in [5.41, 5.74) is -0.559. The third kappa shape index (κ3) is 2.03. The molecule has 0 aliphatic heterocycles. The van der Waals surface area contributed by atoms with Crippen LogP contribution in [-0.2, 0) is 7.05 Å². The van der Waals surface area contributed by atoms with Crippen molar-refractivity contribution in [1.29, 1.82) is 0 Å². The van der Waals surface area contributed by atoms with Crippen molar-refractivity contribution in [1.82, 2.24) is 9.78 Å². The number of carboxylic acid groups (broad SMARTS) is 2. The van der Waals surface area contributed by atoms with Crippen molar-refractivity contribution in [2.24, 2.45) is 7.05 Å². The van der Waals surface area contributed by atoms with Gasteiger partial charge in [0.15, 0.2) is 0 Å². The summed E-state index contributed by atoms with van der Waals surface area (Å²) >= 11 is 0. The van der Waals surface area contributed by atoms with Crippen molar-refractivity contribution in [3.8, 4) is 11.1 Å². The number of carboxylic acids is 2. The van der Waals surface area contributed by atoms with Gasteiger partial charge < -0.3 is 10.2 Å². The van der Waals surface area contributed by atoms with E-state index in [1.54, 1.807) is 0 Å². The highest BCUT2D eigenvalue weighted by Crippen LogP contribution is 2.31. The normalized spacial score (nSPS) is 10.6. The lowest BCUT2D eigenvalue weighted by Gasteiger charge is -2.08. The van der Waals surface area contributed by atoms with Crippen LogP contribution in [0.4, 0.5) is 4.39 Å². The second-order valence-electron chi connectivity index (χ2n) is 4.21. The Morgan fingerprint density at radius 1 is 1.25 bits per heavy atom. The fraction of sp³-hybridized carbons (Fsp3) is 0.154. The monoisotopic (exact) mass is 278 g/mol. The Hall–Kier alpha value is -2.70. The Bertz CT molecular complexity index is 721. The predicted molar refractivity (Wildman–Crippen MR) is 67.3 cm³/mol. The zero-order chi connectivity index (χ0) is 15.0. The molecule has 2 aromatic rings. The summed E-state index contributed by atoms with van der Waals surface area (Å²) in [5, 5.41) is 22.1. The number of nitrogens with zero attached hydrogens (tertiary/aromatic N) is 2. The molecule has 0 saturated carbocycles. The minimum Gasteiger partial charge on any atom is -0.478 e. The van der Waals surface area contributed by atoms with Crippen molar-refractivity contribution in [3.05, 3.63) is 41.0 Å². The van der Waals surface area contributed by atoms with Gasteiger partial charge >= 0.3 is 11.9 Å². The van der Waals surface area contributed by atoms with Gasteiger partial charge in [-0.25, -0.2) is 14.3 Å². The molecule has 2 rings (SSSR count). The van der Waals surface area contributed by atoms with Crippen LogP contribution in [0.25, 0.3) is 11.1 Å². The van der Waals surface area contributed by atoms with Gasteiger partial charge in [-0.05, 0) is 13.0 Å². The zero-order valence-electron chi connectivity index (χ0n) is 10.7. The number of hydrogen-bond donors (Lipinski definition) is 2. The number of carbonyl (C=O) groups is 2. The van der Waals surface area contributed by atoms with E-state index in [0.29, 0.717) is 0 Å². The Morgan fingerprint density at radius 2 is 1.90 bits per heavy atom. The number of benzene rings is 1. The van der Waals surface area contributed by atoms with Gasteiger partial charge in [0.1, 0.15) is 0 Å². The maximum absolute atomic E-state index is 14.0. The lowest BCUT2D eigenvalue weighted by molar-refractivity contribution is 0.0652. The maximum Gasteiger partial charge on any atom is 0.337 e. The van der Waals surface area contributed by atoms with Gasteiger partial charge in [-0.2, -0.15) is 9.49 Å². The van der Waals surface area contributed by atoms with Crippen LogP contribution in [0.15, 0.2) is 18.2 Å². The first-order valence-corrected chi connectivity index (χ1v) is 5.63. The van der Waals surface area contributed by atoms with Crippen LogP contribution in [0.5, 0.6) is 0 Å². The summed E-state index contributed by atoms with van der Waals surface area (Å²) in [6, 6.07) is 3.90. The van der Waals surface area contributed by atoms with E-state index in [1.807, 2.05) is 0 Å². The van der Waals surface area contributed by atoms with Crippen LogP contribution in [0, 0.1) is 12.9 Å². The molecule has 0 unspecified atom stereocenters. The van der Waals surface area contributed by atoms with E-state index in [9.17, 15) is 19.1 Å². The highest BCUT2D eigenvalue weighted by atomic mass is 19.1. The van der Waals surface area contributed by atoms with E-state index >= 15 is 0 Å². The molecule has 0 aliphatic rings. The number of aromatic nitrogens is 2. The highest BCUT2D eigenvalue weighted by Gasteiger charge is 2.25. The third-order valence-electron chi connectivity index (χ3n) is 2.93. The molecule has 0 spiro atoms. The van der Waals surface area contributed by atoms with Gasteiger partial charge in [-0.15, -0.1) is 0 Å². The molecule has 1 aromatic heterocycles. The quantitative estimate of drug-likeness (QED) is 0.894. The molecule has 6 nitrogen and oxygen atoms in total. The smallest absolute Gasteiger partial charge is 0.337 e. The van der Waals surface area contributed by atoms with Crippen molar-refractivity contribution >= 4 is 11.9 Å². The number of halogens is 1. The molecule has 1 heterocycles. The number of aryl methyl sites for hydroxylation is 2. The molecular weight excluding hydrogens is 267 g/mol. The first kappa shape index (κ1) is 13.7. The molecule has 0 radical (unpaired) electrons. The molecular formula is C13H11FN2O4. The number of aromatic carboxylic acids is 2. The molecule has 0 bridgehead atoms. The second-order valence-corrected chi connectivity index (χ2v) is 4.21. The molecule has 1 aromatic carbocycles. The number of rotatable bonds is 3. The fourth-order valence-electron chi connectivity index (χ4n) is 2.11. The SMILES string of the molecule is Cc1nn(C)c(F)c1-c1cccc(C(=O)O)c1C(=O)O. The van der Waals surface area contributed by atoms with Crippen molar-refractivity contribution in [2.45, 2.75) is 6.92 Å². The maximum atomic E-state index is 14.0. The van der Waals surface area contributed by atoms with Gasteiger partial charge in [-0.3, -0.25) is 0 Å². The topological polar surface area (TPSA) is 92.4 Å². The fourth-order valence-corrected chi connectivity index (χ4v) is 2.11. The standard InChI is InChI=1S/C13H11FN2O4/c1-6-9(11(14)16(2)15-6)7-4-3-5-8(12(17)18)10(7)13(19)20/h3-5H,1-2H3,(H,17,18)(H,19,20). The van der Waals surface area contributed by atoms with E-state index in [1.165, 1.54) is 32.2 Å². The van der Waals surface area contributed by atoms with Gasteiger partial charge in [0.25, 0.3) is 0 Å². The van der Waals surface area contributed by atoms with Crippen LogP contribution in [-0.4, -0.2) is 31.9 Å². The van der Waals surface area contributed by atoms with Crippen LogP contribution in [0.1, 0.15) is 26.4 Å². The lowest BCUT2D eigenvalue weighted by atomic mass is 9.95. The van der Waals surface area contributed by atoms with Gasteiger partial charge in [0.2, 0.25) is 5.95 Å². The van der Waals surface area contributed by atoms with Gasteiger partial charge in [0.05, 0.1) is 22.4 Å². The average Bonchev–Trinajstić information content (AvgIpc) is 2.62. The molecule has 0 fully saturated rings. The van der Waals surface area contributed by atoms with Crippen molar-refractivity contribution in [3.63, 3.8) is 0 Å². The Kier molecular flexibility index (Phi) is 3.27. The Labute approximate surface area is 113 Å². The first-order chi connectivity index (χ1) is 9.34. The summed E-state index contributed by atoms with van der Waals surface area (Å²) in [5.74, 6) is -3.53. The first-order valence-electron chi connectivity index (χ1n) is 5.63. The third-order valence-corrected chi connectivity index (χ3v) is 2.93. The summed E-state index contributed by atoms with van der Waals surface area (Å²) in [4.78, 5) is 22.4. The van der Waals surface area contributed by atoms with Crippen LogP contribution in [0.3, 0.4) is 0 Å². The van der Waals surface area contributed by atoms with E-state index in [4.69, 9.17) is 5.11 Å². The van der Waals surface area contributed by atoms with Gasteiger partial charge in [-0.1, -0.05) is 12.1 Å². The second kappa shape index (κ2) is 4.76. The predicted octanol–water partition coefficient (Wildman–Crippen LogP) is 1.93. The molecule has 7 heteroatoms. The molecule has 20 heavy (non-hydrogen) atoms. The minimum absolute atomic E-state index is 0.000463. The van der Waals surface area contributed by atoms with Crippen molar-refractivity contribution in [2.75, 3.05) is 0 Å². The van der Waals surface area contributed by atoms with E-state index in [2.05, 4.69) is 5.10 Å². The average molecular weight is 278 g/mol. The molecule has 2 N–H and O–H groups in total. The van der Waals surface area contributed by atoms with Crippen LogP contribution >= 0.6 is 0 Å². The summed E-state index contributed by atoms with van der Waals surface area (Å²) < 4.78 is 15.0. The number of hydrogen-bond acceptors (Lipinski definition) is 3. The lowest BCUT2D eigenvalue weighted by Crippen LogP contribution is -2.10. The summed E-state index contributed by atoms with van der Waals surface area (Å²) in [6.07, 6.45) is 0.